The summed E-state index contributed by atoms with van der Waals surface area (Å²) in [6.45, 7) is 0. The van der Waals surface area contributed by atoms with Crippen molar-refractivity contribution in [3.05, 3.63) is 94.6 Å². The number of anilines is 1. The SMILES string of the molecule is N#CCCCCC(C#Cc1ccccc1)(C(=O)Nc1ccccn1)c1ccc(Br)cc1. The molecule has 3 rings (SSSR count). The number of hydrogen-bond acceptors (Lipinski definition) is 3. The summed E-state index contributed by atoms with van der Waals surface area (Å²) in [7, 11) is 0. The Kier molecular flexibility index (Phi) is 7.98. The van der Waals surface area contributed by atoms with Gasteiger partial charge in [-0.3, -0.25) is 4.79 Å². The molecule has 1 unspecified atom stereocenters. The van der Waals surface area contributed by atoms with Crippen LogP contribution in [0.3, 0.4) is 0 Å². The number of halogens is 1. The number of carbonyl (C=O) groups is 1. The summed E-state index contributed by atoms with van der Waals surface area (Å²) in [4.78, 5) is 17.9. The van der Waals surface area contributed by atoms with E-state index in [1.165, 1.54) is 0 Å². The number of nitrogens with zero attached hydrogens (tertiary/aromatic N) is 2. The van der Waals surface area contributed by atoms with Gasteiger partial charge in [-0.25, -0.2) is 4.98 Å². The highest BCUT2D eigenvalue weighted by Crippen LogP contribution is 2.33. The van der Waals surface area contributed by atoms with Gasteiger partial charge in [0.05, 0.1) is 6.07 Å². The summed E-state index contributed by atoms with van der Waals surface area (Å²) in [6.07, 6.45) is 3.99. The van der Waals surface area contributed by atoms with Crippen LogP contribution in [0.1, 0.15) is 36.8 Å². The van der Waals surface area contributed by atoms with Gasteiger partial charge in [-0.05, 0) is 54.8 Å². The Labute approximate surface area is 191 Å². The molecule has 0 fully saturated rings. The van der Waals surface area contributed by atoms with Crippen LogP contribution in [0.4, 0.5) is 5.82 Å². The molecule has 31 heavy (non-hydrogen) atoms. The number of nitrogens with one attached hydrogen (secondary N) is 1. The third-order valence-corrected chi connectivity index (χ3v) is 5.44. The average molecular weight is 472 g/mol. The van der Waals surface area contributed by atoms with E-state index in [2.05, 4.69) is 44.1 Å². The highest BCUT2D eigenvalue weighted by molar-refractivity contribution is 9.10. The molecule has 0 spiro atoms. The maximum Gasteiger partial charge on any atom is 0.248 e. The minimum Gasteiger partial charge on any atom is -0.309 e. The lowest BCUT2D eigenvalue weighted by Crippen LogP contribution is -2.39. The lowest BCUT2D eigenvalue weighted by atomic mass is 9.75. The summed E-state index contributed by atoms with van der Waals surface area (Å²) in [5, 5.41) is 11.9. The van der Waals surface area contributed by atoms with Crippen LogP contribution >= 0.6 is 15.9 Å². The third kappa shape index (κ3) is 6.04. The number of benzene rings is 2. The van der Waals surface area contributed by atoms with Gasteiger partial charge >= 0.3 is 0 Å². The van der Waals surface area contributed by atoms with Crippen molar-refractivity contribution >= 4 is 27.7 Å². The molecule has 0 bridgehead atoms. The van der Waals surface area contributed by atoms with E-state index in [0.717, 1.165) is 15.6 Å². The molecule has 154 valence electrons. The van der Waals surface area contributed by atoms with Gasteiger partial charge in [0.2, 0.25) is 5.91 Å². The van der Waals surface area contributed by atoms with Gasteiger partial charge < -0.3 is 5.32 Å². The molecule has 1 atom stereocenters. The molecule has 3 aromatic rings. The van der Waals surface area contributed by atoms with E-state index in [0.29, 0.717) is 31.5 Å². The third-order valence-electron chi connectivity index (χ3n) is 4.92. The summed E-state index contributed by atoms with van der Waals surface area (Å²) >= 11 is 3.47. The Morgan fingerprint density at radius 1 is 1.00 bits per heavy atom. The first kappa shape index (κ1) is 22.3. The summed E-state index contributed by atoms with van der Waals surface area (Å²) in [6, 6.07) is 24.9. The van der Waals surface area contributed by atoms with E-state index in [-0.39, 0.29) is 5.91 Å². The van der Waals surface area contributed by atoms with Crippen LogP contribution in [-0.2, 0) is 10.2 Å². The van der Waals surface area contributed by atoms with Gasteiger partial charge in [-0.2, -0.15) is 5.26 Å². The Hall–Kier alpha value is -3.41. The summed E-state index contributed by atoms with van der Waals surface area (Å²) in [5.41, 5.74) is 0.569. The number of rotatable bonds is 7. The van der Waals surface area contributed by atoms with Crippen LogP contribution in [-0.4, -0.2) is 10.9 Å². The van der Waals surface area contributed by atoms with E-state index in [1.54, 1.807) is 18.3 Å². The number of aromatic nitrogens is 1. The highest BCUT2D eigenvalue weighted by atomic mass is 79.9. The van der Waals surface area contributed by atoms with Crippen molar-refractivity contribution in [1.29, 1.82) is 5.26 Å². The molecule has 1 aromatic heterocycles. The fourth-order valence-corrected chi connectivity index (χ4v) is 3.53. The topological polar surface area (TPSA) is 65.8 Å². The molecular formula is C26H22BrN3O. The average Bonchev–Trinajstić information content (AvgIpc) is 2.81. The molecule has 0 aliphatic heterocycles. The molecule has 0 aliphatic carbocycles. The molecule has 2 aromatic carbocycles. The summed E-state index contributed by atoms with van der Waals surface area (Å²) in [5.74, 6) is 6.74. The standard InChI is InChI=1S/C26H22BrN3O/c27-23-14-12-22(13-15-23)26(17-6-2-7-19-28,18-16-21-9-3-1-4-10-21)25(31)30-24-11-5-8-20-29-24/h1,3-5,8-15,20H,2,6-7,17H2,(H,29,30,31). The lowest BCUT2D eigenvalue weighted by Gasteiger charge is -2.28. The Balaban J connectivity index is 2.06. The van der Waals surface area contributed by atoms with E-state index in [9.17, 15) is 4.79 Å². The normalized spacial score (nSPS) is 12.0. The van der Waals surface area contributed by atoms with Gasteiger partial charge in [0, 0.05) is 22.7 Å². The second-order valence-electron chi connectivity index (χ2n) is 7.06. The van der Waals surface area contributed by atoms with E-state index in [4.69, 9.17) is 5.26 Å². The van der Waals surface area contributed by atoms with Crippen LogP contribution in [0.2, 0.25) is 0 Å². The molecule has 0 saturated heterocycles. The van der Waals surface area contributed by atoms with Crippen molar-refractivity contribution in [3.8, 4) is 17.9 Å². The van der Waals surface area contributed by atoms with Crippen LogP contribution < -0.4 is 5.32 Å². The molecule has 1 heterocycles. The largest absolute Gasteiger partial charge is 0.309 e. The molecule has 0 radical (unpaired) electrons. The second kappa shape index (κ2) is 11.1. The fraction of sp³-hybridized carbons (Fsp3) is 0.192. The van der Waals surface area contributed by atoms with Gasteiger partial charge in [-0.1, -0.05) is 70.6 Å². The summed E-state index contributed by atoms with van der Waals surface area (Å²) < 4.78 is 0.927. The Morgan fingerprint density at radius 2 is 1.74 bits per heavy atom. The van der Waals surface area contributed by atoms with Gasteiger partial charge in [0.25, 0.3) is 0 Å². The zero-order chi connectivity index (χ0) is 21.9. The molecule has 1 amide bonds. The van der Waals surface area contributed by atoms with Crippen molar-refractivity contribution in [1.82, 2.24) is 4.98 Å². The maximum atomic E-state index is 13.7. The Morgan fingerprint density at radius 3 is 2.42 bits per heavy atom. The zero-order valence-electron chi connectivity index (χ0n) is 17.0. The first-order valence-corrected chi connectivity index (χ1v) is 10.9. The number of carbonyl (C=O) groups excluding carboxylic acids is 1. The van der Waals surface area contributed by atoms with Crippen LogP contribution in [0.5, 0.6) is 0 Å². The molecule has 4 nitrogen and oxygen atoms in total. The van der Waals surface area contributed by atoms with Crippen LogP contribution in [0, 0.1) is 23.2 Å². The lowest BCUT2D eigenvalue weighted by molar-refractivity contribution is -0.120. The van der Waals surface area contributed by atoms with E-state index < -0.39 is 5.41 Å². The molecular weight excluding hydrogens is 450 g/mol. The number of nitriles is 1. The minimum absolute atomic E-state index is 0.228. The first-order valence-electron chi connectivity index (χ1n) is 10.1. The van der Waals surface area contributed by atoms with Crippen molar-refractivity contribution in [2.45, 2.75) is 31.1 Å². The molecule has 5 heteroatoms. The van der Waals surface area contributed by atoms with E-state index in [1.807, 2.05) is 60.7 Å². The number of unbranched alkanes of at least 4 members (excludes halogenated alkanes) is 2. The second-order valence-corrected chi connectivity index (χ2v) is 7.98. The number of hydrogen-bond donors (Lipinski definition) is 1. The zero-order valence-corrected chi connectivity index (χ0v) is 18.6. The Bertz CT molecular complexity index is 1100. The van der Waals surface area contributed by atoms with Crippen LogP contribution in [0.25, 0.3) is 0 Å². The van der Waals surface area contributed by atoms with Crippen molar-refractivity contribution in [2.75, 3.05) is 5.32 Å². The van der Waals surface area contributed by atoms with Gasteiger partial charge in [0.1, 0.15) is 11.2 Å². The maximum absolute atomic E-state index is 13.7. The monoisotopic (exact) mass is 471 g/mol. The first-order chi connectivity index (χ1) is 15.1. The number of amides is 1. The molecule has 0 aliphatic rings. The minimum atomic E-state index is -1.08. The van der Waals surface area contributed by atoms with Gasteiger partial charge in [-0.15, -0.1) is 0 Å². The number of pyridine rings is 1. The van der Waals surface area contributed by atoms with Gasteiger partial charge in [0.15, 0.2) is 0 Å². The van der Waals surface area contributed by atoms with E-state index >= 15 is 0 Å². The van der Waals surface area contributed by atoms with Crippen molar-refractivity contribution in [2.24, 2.45) is 0 Å². The van der Waals surface area contributed by atoms with Crippen LogP contribution in [0.15, 0.2) is 83.5 Å². The fourth-order valence-electron chi connectivity index (χ4n) is 3.27. The molecule has 0 saturated carbocycles. The predicted octanol–water partition coefficient (Wildman–Crippen LogP) is 5.86. The van der Waals surface area contributed by atoms with Crippen molar-refractivity contribution in [3.63, 3.8) is 0 Å². The smallest absolute Gasteiger partial charge is 0.248 e. The predicted molar refractivity (Wildman–Crippen MR) is 126 cm³/mol. The molecule has 1 N–H and O–H groups in total. The van der Waals surface area contributed by atoms with Crippen molar-refractivity contribution < 1.29 is 4.79 Å². The highest BCUT2D eigenvalue weighted by Gasteiger charge is 2.38. The quantitative estimate of drug-likeness (QED) is 0.346.